The third kappa shape index (κ3) is 3.41. The van der Waals surface area contributed by atoms with Gasteiger partial charge < -0.3 is 20.3 Å². The van der Waals surface area contributed by atoms with Gasteiger partial charge in [0.05, 0.1) is 12.8 Å². The summed E-state index contributed by atoms with van der Waals surface area (Å²) < 4.78 is 5.30. The Kier molecular flexibility index (Phi) is 4.58. The fourth-order valence-electron chi connectivity index (χ4n) is 5.01. The van der Waals surface area contributed by atoms with E-state index >= 15 is 0 Å². The fraction of sp³-hybridized carbons (Fsp3) is 0.360. The number of hydrogen-bond donors (Lipinski definition) is 1. The summed E-state index contributed by atoms with van der Waals surface area (Å²) in [7, 11) is 1.63. The summed E-state index contributed by atoms with van der Waals surface area (Å²) in [4.78, 5) is 30.8. The minimum atomic E-state index is 0.0443. The second-order valence-corrected chi connectivity index (χ2v) is 9.25. The van der Waals surface area contributed by atoms with Crippen LogP contribution in [0.15, 0.2) is 48.9 Å². The van der Waals surface area contributed by atoms with Crippen LogP contribution in [0, 0.1) is 0 Å². The molecule has 1 atom stereocenters. The molecule has 1 saturated carbocycles. The van der Waals surface area contributed by atoms with E-state index in [2.05, 4.69) is 25.9 Å². The molecule has 3 aromatic rings. The van der Waals surface area contributed by atoms with Crippen molar-refractivity contribution in [3.8, 4) is 17.0 Å². The van der Waals surface area contributed by atoms with Crippen LogP contribution in [-0.4, -0.2) is 58.5 Å². The molecule has 0 bridgehead atoms. The predicted molar refractivity (Wildman–Crippen MR) is 125 cm³/mol. The molecule has 3 aliphatic rings. The Morgan fingerprint density at radius 3 is 2.67 bits per heavy atom. The zero-order chi connectivity index (χ0) is 22.6. The van der Waals surface area contributed by atoms with Gasteiger partial charge in [0.2, 0.25) is 5.95 Å². The van der Waals surface area contributed by atoms with Crippen molar-refractivity contribution >= 4 is 17.5 Å². The Hall–Kier alpha value is -3.52. The van der Waals surface area contributed by atoms with E-state index < -0.39 is 0 Å². The van der Waals surface area contributed by atoms with Gasteiger partial charge in [-0.1, -0.05) is 6.07 Å². The quantitative estimate of drug-likeness (QED) is 0.663. The average molecular weight is 443 g/mol. The van der Waals surface area contributed by atoms with Crippen molar-refractivity contribution in [2.75, 3.05) is 31.6 Å². The molecule has 2 aromatic heterocycles. The van der Waals surface area contributed by atoms with E-state index in [0.717, 1.165) is 48.5 Å². The van der Waals surface area contributed by atoms with Crippen LogP contribution in [0.25, 0.3) is 11.3 Å². The Bertz CT molecular complexity index is 1220. The number of aromatic nitrogens is 3. The van der Waals surface area contributed by atoms with Gasteiger partial charge >= 0.3 is 0 Å². The number of nitrogens with two attached hydrogens (primary N) is 1. The Balaban J connectivity index is 1.31. The zero-order valence-corrected chi connectivity index (χ0v) is 18.6. The lowest BCUT2D eigenvalue weighted by molar-refractivity contribution is 0.0791. The second-order valence-electron chi connectivity index (χ2n) is 9.25. The summed E-state index contributed by atoms with van der Waals surface area (Å²) in [6, 6.07) is 9.84. The van der Waals surface area contributed by atoms with E-state index in [1.165, 1.54) is 5.56 Å². The molecule has 0 unspecified atom stereocenters. The van der Waals surface area contributed by atoms with Crippen LogP contribution in [0.2, 0.25) is 0 Å². The zero-order valence-electron chi connectivity index (χ0n) is 18.6. The van der Waals surface area contributed by atoms with Crippen molar-refractivity contribution in [2.45, 2.75) is 30.7 Å². The number of hydrogen-bond acceptors (Lipinski definition) is 7. The topological polar surface area (TPSA) is 97.5 Å². The number of ether oxygens (including phenoxy) is 1. The fourth-order valence-corrected chi connectivity index (χ4v) is 5.01. The Morgan fingerprint density at radius 1 is 1.15 bits per heavy atom. The van der Waals surface area contributed by atoms with Crippen molar-refractivity contribution in [3.05, 3.63) is 60.0 Å². The lowest BCUT2D eigenvalue weighted by Crippen LogP contribution is -2.31. The second kappa shape index (κ2) is 7.52. The highest BCUT2D eigenvalue weighted by atomic mass is 16.5. The van der Waals surface area contributed by atoms with Crippen LogP contribution >= 0.6 is 0 Å². The summed E-state index contributed by atoms with van der Waals surface area (Å²) in [5, 5.41) is 0. The molecular formula is C25H26N6O2. The normalized spacial score (nSPS) is 20.2. The molecule has 33 heavy (non-hydrogen) atoms. The van der Waals surface area contributed by atoms with Crippen molar-refractivity contribution < 1.29 is 9.53 Å². The van der Waals surface area contributed by atoms with Crippen molar-refractivity contribution in [2.24, 2.45) is 5.73 Å². The molecule has 2 N–H and O–H groups in total. The summed E-state index contributed by atoms with van der Waals surface area (Å²) in [5.74, 6) is 1.42. The molecule has 8 nitrogen and oxygen atoms in total. The molecule has 1 aromatic carbocycles. The third-order valence-electron chi connectivity index (χ3n) is 7.08. The highest BCUT2D eigenvalue weighted by molar-refractivity contribution is 5.96. The molecule has 168 valence electrons. The molecule has 0 radical (unpaired) electrons. The number of pyridine rings is 1. The highest BCUT2D eigenvalue weighted by Crippen LogP contribution is 2.57. The van der Waals surface area contributed by atoms with Crippen molar-refractivity contribution in [3.63, 3.8) is 0 Å². The molecular weight excluding hydrogens is 416 g/mol. The summed E-state index contributed by atoms with van der Waals surface area (Å²) >= 11 is 0. The summed E-state index contributed by atoms with van der Waals surface area (Å²) in [6.07, 6.45) is 8.45. The standard InChI is InChI=1S/C25H26N6O2/c1-33-19-4-8-27-21(11-19)17-12-28-24(29-13-17)31-15-25(6-7-25)20-3-2-16(10-22(20)31)23(32)30-9-5-18(26)14-30/h2-4,8,10-13,18H,5-7,9,14-15,26H2,1H3/t18-/m1/s1. The van der Waals surface area contributed by atoms with Gasteiger partial charge in [-0.3, -0.25) is 9.78 Å². The number of fused-ring (bicyclic) bond motifs is 2. The summed E-state index contributed by atoms with van der Waals surface area (Å²) in [5.41, 5.74) is 10.8. The molecule has 4 heterocycles. The van der Waals surface area contributed by atoms with E-state index in [0.29, 0.717) is 24.6 Å². The van der Waals surface area contributed by atoms with E-state index in [1.54, 1.807) is 25.7 Å². The molecule has 1 aliphatic carbocycles. The maximum atomic E-state index is 13.1. The average Bonchev–Trinajstić information content (AvgIpc) is 3.40. The van der Waals surface area contributed by atoms with E-state index in [1.807, 2.05) is 29.2 Å². The SMILES string of the molecule is COc1ccnc(-c2cnc(N3CC4(CC4)c4ccc(C(=O)N5CC[C@@H](N)C5)cc43)nc2)c1. The minimum Gasteiger partial charge on any atom is -0.497 e. The van der Waals surface area contributed by atoms with E-state index in [4.69, 9.17) is 10.5 Å². The van der Waals surface area contributed by atoms with Gasteiger partial charge in [0.15, 0.2) is 0 Å². The van der Waals surface area contributed by atoms with Crippen molar-refractivity contribution in [1.82, 2.24) is 19.9 Å². The maximum absolute atomic E-state index is 13.1. The number of carbonyl (C=O) groups excluding carboxylic acids is 1. The van der Waals surface area contributed by atoms with Gasteiger partial charge in [0, 0.05) is 72.6 Å². The number of anilines is 2. The maximum Gasteiger partial charge on any atom is 0.253 e. The number of methoxy groups -OCH3 is 1. The van der Waals surface area contributed by atoms with Crippen LogP contribution in [0.5, 0.6) is 5.75 Å². The first-order valence-corrected chi connectivity index (χ1v) is 11.4. The van der Waals surface area contributed by atoms with Crippen LogP contribution in [0.4, 0.5) is 11.6 Å². The van der Waals surface area contributed by atoms with Gasteiger partial charge in [-0.2, -0.15) is 0 Å². The number of amides is 1. The third-order valence-corrected chi connectivity index (χ3v) is 7.08. The smallest absolute Gasteiger partial charge is 0.253 e. The van der Waals surface area contributed by atoms with Crippen LogP contribution in [-0.2, 0) is 5.41 Å². The number of rotatable bonds is 4. The molecule has 8 heteroatoms. The lowest BCUT2D eigenvalue weighted by atomic mass is 9.97. The summed E-state index contributed by atoms with van der Waals surface area (Å²) in [6.45, 7) is 2.17. The lowest BCUT2D eigenvalue weighted by Gasteiger charge is -2.20. The molecule has 1 amide bonds. The highest BCUT2D eigenvalue weighted by Gasteiger charge is 2.52. The van der Waals surface area contributed by atoms with Gasteiger partial charge in [-0.25, -0.2) is 9.97 Å². The van der Waals surface area contributed by atoms with Gasteiger partial charge in [0.25, 0.3) is 5.91 Å². The van der Waals surface area contributed by atoms with Crippen LogP contribution in [0.3, 0.4) is 0 Å². The first-order valence-electron chi connectivity index (χ1n) is 11.4. The molecule has 2 fully saturated rings. The monoisotopic (exact) mass is 442 g/mol. The van der Waals surface area contributed by atoms with Gasteiger partial charge in [-0.05, 0) is 43.0 Å². The molecule has 6 rings (SSSR count). The number of nitrogens with zero attached hydrogens (tertiary/aromatic N) is 5. The first kappa shape index (κ1) is 20.1. The van der Waals surface area contributed by atoms with E-state index in [9.17, 15) is 4.79 Å². The van der Waals surface area contributed by atoms with Gasteiger partial charge in [0.1, 0.15) is 5.75 Å². The van der Waals surface area contributed by atoms with Crippen molar-refractivity contribution in [1.29, 1.82) is 0 Å². The number of benzene rings is 1. The first-order chi connectivity index (χ1) is 16.1. The minimum absolute atomic E-state index is 0.0443. The number of likely N-dealkylation sites (tertiary alicyclic amines) is 1. The molecule has 1 spiro atoms. The largest absolute Gasteiger partial charge is 0.497 e. The molecule has 1 saturated heterocycles. The predicted octanol–water partition coefficient (Wildman–Crippen LogP) is 2.90. The van der Waals surface area contributed by atoms with Gasteiger partial charge in [-0.15, -0.1) is 0 Å². The van der Waals surface area contributed by atoms with E-state index in [-0.39, 0.29) is 17.4 Å². The Morgan fingerprint density at radius 2 is 1.97 bits per heavy atom. The number of carbonyl (C=O) groups is 1. The Labute approximate surface area is 192 Å². The van der Waals surface area contributed by atoms with Crippen LogP contribution < -0.4 is 15.4 Å². The van der Waals surface area contributed by atoms with Crippen LogP contribution in [0.1, 0.15) is 35.2 Å². The molecule has 2 aliphatic heterocycles.